The molecular weight excluding hydrogens is 285 g/mol. The summed E-state index contributed by atoms with van der Waals surface area (Å²) in [6.45, 7) is 0. The molecule has 0 nitrogen and oxygen atoms in total. The van der Waals surface area contributed by atoms with E-state index >= 15 is 0 Å². The highest BCUT2D eigenvalue weighted by atomic mass is 35.5. The van der Waals surface area contributed by atoms with E-state index in [0.29, 0.717) is 19.8 Å². The van der Waals surface area contributed by atoms with Crippen LogP contribution in [0, 0.1) is 11.6 Å². The molecule has 0 unspecified atom stereocenters. The van der Waals surface area contributed by atoms with Crippen molar-refractivity contribution in [1.29, 1.82) is 0 Å². The van der Waals surface area contributed by atoms with E-state index in [1.54, 1.807) is 12.1 Å². The summed E-state index contributed by atoms with van der Waals surface area (Å²) in [7, 11) is 0. The molecule has 0 radical (unpaired) electrons. The molecule has 0 fully saturated rings. The Labute approximate surface area is 112 Å². The Balaban J connectivity index is 2.31. The fourth-order valence-electron chi connectivity index (χ4n) is 1.31. The summed E-state index contributed by atoms with van der Waals surface area (Å²) in [6.07, 6.45) is 0. The van der Waals surface area contributed by atoms with Crippen molar-refractivity contribution in [1.82, 2.24) is 0 Å². The first-order valence-electron chi connectivity index (χ1n) is 4.63. The molecule has 0 bridgehead atoms. The molecule has 17 heavy (non-hydrogen) atoms. The van der Waals surface area contributed by atoms with Gasteiger partial charge in [0.2, 0.25) is 0 Å². The highest BCUT2D eigenvalue weighted by Crippen LogP contribution is 2.32. The van der Waals surface area contributed by atoms with E-state index in [1.165, 1.54) is 36.0 Å². The highest BCUT2D eigenvalue weighted by molar-refractivity contribution is 7.99. The maximum absolute atomic E-state index is 13.1. The summed E-state index contributed by atoms with van der Waals surface area (Å²) >= 11 is 12.6. The van der Waals surface area contributed by atoms with Crippen LogP contribution in [0.15, 0.2) is 46.2 Å². The van der Waals surface area contributed by atoms with Crippen molar-refractivity contribution in [3.63, 3.8) is 0 Å². The maximum Gasteiger partial charge on any atom is 0.125 e. The zero-order valence-electron chi connectivity index (χ0n) is 8.38. The van der Waals surface area contributed by atoms with Crippen LogP contribution in [0.5, 0.6) is 0 Å². The molecule has 0 spiro atoms. The van der Waals surface area contributed by atoms with Crippen LogP contribution in [0.3, 0.4) is 0 Å². The molecule has 0 aliphatic heterocycles. The lowest BCUT2D eigenvalue weighted by molar-refractivity contribution is 0.624. The largest absolute Gasteiger partial charge is 0.207 e. The van der Waals surface area contributed by atoms with Crippen LogP contribution in [-0.4, -0.2) is 0 Å². The number of halogens is 4. The van der Waals surface area contributed by atoms with Crippen molar-refractivity contribution in [2.45, 2.75) is 9.79 Å². The first kappa shape index (κ1) is 12.7. The monoisotopic (exact) mass is 290 g/mol. The molecule has 0 atom stereocenters. The fourth-order valence-corrected chi connectivity index (χ4v) is 2.87. The Hall–Kier alpha value is -0.770. The standard InChI is InChI=1S/C12H6Cl2F2S/c13-7-1-9(15)5-11(3-7)17-12-4-8(14)2-10(16)6-12/h1-6H. The van der Waals surface area contributed by atoms with Gasteiger partial charge in [-0.15, -0.1) is 0 Å². The van der Waals surface area contributed by atoms with Crippen LogP contribution < -0.4 is 0 Å². The number of hydrogen-bond donors (Lipinski definition) is 0. The molecular formula is C12H6Cl2F2S. The lowest BCUT2D eigenvalue weighted by Crippen LogP contribution is -1.80. The first-order valence-corrected chi connectivity index (χ1v) is 6.20. The summed E-state index contributed by atoms with van der Waals surface area (Å²) in [5.74, 6) is -0.856. The van der Waals surface area contributed by atoms with Gasteiger partial charge in [-0.1, -0.05) is 35.0 Å². The molecule has 2 aromatic rings. The third-order valence-corrected chi connectivity index (χ3v) is 3.29. The van der Waals surface area contributed by atoms with Gasteiger partial charge in [0, 0.05) is 19.8 Å². The van der Waals surface area contributed by atoms with Crippen LogP contribution in [0.2, 0.25) is 10.0 Å². The van der Waals surface area contributed by atoms with Gasteiger partial charge in [0.05, 0.1) is 0 Å². The van der Waals surface area contributed by atoms with Crippen molar-refractivity contribution < 1.29 is 8.78 Å². The Morgan fingerprint density at radius 2 is 1.12 bits per heavy atom. The number of benzene rings is 2. The molecule has 0 saturated carbocycles. The molecule has 5 heteroatoms. The van der Waals surface area contributed by atoms with E-state index in [9.17, 15) is 8.78 Å². The normalized spacial score (nSPS) is 10.6. The summed E-state index contributed by atoms with van der Waals surface area (Å²) in [5.41, 5.74) is 0. The van der Waals surface area contributed by atoms with Crippen LogP contribution >= 0.6 is 35.0 Å². The average Bonchev–Trinajstić information content (AvgIpc) is 2.13. The minimum Gasteiger partial charge on any atom is -0.207 e. The van der Waals surface area contributed by atoms with Gasteiger partial charge in [0.1, 0.15) is 11.6 Å². The van der Waals surface area contributed by atoms with E-state index in [1.807, 2.05) is 0 Å². The van der Waals surface area contributed by atoms with Gasteiger partial charge in [-0.05, 0) is 36.4 Å². The quantitative estimate of drug-likeness (QED) is 0.711. The second-order valence-electron chi connectivity index (χ2n) is 3.31. The van der Waals surface area contributed by atoms with E-state index in [4.69, 9.17) is 23.2 Å². The van der Waals surface area contributed by atoms with Crippen LogP contribution in [-0.2, 0) is 0 Å². The Kier molecular flexibility index (Phi) is 3.92. The first-order chi connectivity index (χ1) is 8.02. The molecule has 0 saturated heterocycles. The summed E-state index contributed by atoms with van der Waals surface area (Å²) < 4.78 is 26.2. The smallest absolute Gasteiger partial charge is 0.125 e. The van der Waals surface area contributed by atoms with E-state index < -0.39 is 11.6 Å². The highest BCUT2D eigenvalue weighted by Gasteiger charge is 2.04. The van der Waals surface area contributed by atoms with Crippen molar-refractivity contribution >= 4 is 35.0 Å². The molecule has 0 aromatic heterocycles. The number of hydrogen-bond acceptors (Lipinski definition) is 1. The van der Waals surface area contributed by atoms with E-state index in [2.05, 4.69) is 0 Å². The predicted molar refractivity (Wildman–Crippen MR) is 66.9 cm³/mol. The van der Waals surface area contributed by atoms with Crippen molar-refractivity contribution in [2.75, 3.05) is 0 Å². The van der Waals surface area contributed by atoms with Gasteiger partial charge in [-0.2, -0.15) is 0 Å². The maximum atomic E-state index is 13.1. The average molecular weight is 291 g/mol. The van der Waals surface area contributed by atoms with E-state index in [0.717, 1.165) is 0 Å². The minimum absolute atomic E-state index is 0.301. The molecule has 2 rings (SSSR count). The Morgan fingerprint density at radius 3 is 1.47 bits per heavy atom. The molecule has 0 aliphatic rings. The minimum atomic E-state index is -0.428. The van der Waals surface area contributed by atoms with Crippen LogP contribution in [0.25, 0.3) is 0 Å². The summed E-state index contributed by atoms with van der Waals surface area (Å²) in [5, 5.41) is 0.602. The second-order valence-corrected chi connectivity index (χ2v) is 5.33. The zero-order chi connectivity index (χ0) is 12.4. The third kappa shape index (κ3) is 3.60. The second kappa shape index (κ2) is 5.25. The lowest BCUT2D eigenvalue weighted by atomic mass is 10.3. The predicted octanol–water partition coefficient (Wildman–Crippen LogP) is 5.42. The van der Waals surface area contributed by atoms with Gasteiger partial charge < -0.3 is 0 Å². The molecule has 0 N–H and O–H groups in total. The third-order valence-electron chi connectivity index (χ3n) is 1.91. The molecule has 2 aromatic carbocycles. The van der Waals surface area contributed by atoms with Gasteiger partial charge in [0.15, 0.2) is 0 Å². The molecule has 0 amide bonds. The van der Waals surface area contributed by atoms with Crippen LogP contribution in [0.4, 0.5) is 8.78 Å². The Bertz CT molecular complexity index is 468. The molecule has 88 valence electrons. The van der Waals surface area contributed by atoms with Gasteiger partial charge >= 0.3 is 0 Å². The molecule has 0 heterocycles. The summed E-state index contributed by atoms with van der Waals surface area (Å²) in [6, 6.07) is 8.29. The SMILES string of the molecule is Fc1cc(Cl)cc(Sc2cc(F)cc(Cl)c2)c1. The topological polar surface area (TPSA) is 0 Å². The lowest BCUT2D eigenvalue weighted by Gasteiger charge is -2.03. The summed E-state index contributed by atoms with van der Waals surface area (Å²) in [4.78, 5) is 1.19. The Morgan fingerprint density at radius 1 is 0.706 bits per heavy atom. The van der Waals surface area contributed by atoms with Crippen molar-refractivity contribution in [2.24, 2.45) is 0 Å². The fraction of sp³-hybridized carbons (Fsp3) is 0. The van der Waals surface area contributed by atoms with Crippen molar-refractivity contribution in [3.05, 3.63) is 58.1 Å². The zero-order valence-corrected chi connectivity index (χ0v) is 10.7. The van der Waals surface area contributed by atoms with Crippen LogP contribution in [0.1, 0.15) is 0 Å². The molecule has 0 aliphatic carbocycles. The number of rotatable bonds is 2. The van der Waals surface area contributed by atoms with Gasteiger partial charge in [-0.25, -0.2) is 8.78 Å². The van der Waals surface area contributed by atoms with Crippen molar-refractivity contribution in [3.8, 4) is 0 Å². The van der Waals surface area contributed by atoms with Gasteiger partial charge in [0.25, 0.3) is 0 Å². The van der Waals surface area contributed by atoms with Gasteiger partial charge in [-0.3, -0.25) is 0 Å². The van der Waals surface area contributed by atoms with E-state index in [-0.39, 0.29) is 0 Å².